The summed E-state index contributed by atoms with van der Waals surface area (Å²) in [5.74, 6) is -0.381. The number of hydrogen-bond donors (Lipinski definition) is 4. The first kappa shape index (κ1) is 22.5. The first-order chi connectivity index (χ1) is 15.1. The minimum absolute atomic E-state index is 0.0887. The van der Waals surface area contributed by atoms with E-state index in [0.717, 1.165) is 48.3 Å². The summed E-state index contributed by atoms with van der Waals surface area (Å²) in [6, 6.07) is 3.57. The van der Waals surface area contributed by atoms with Gasteiger partial charge in [0.25, 0.3) is 5.91 Å². The van der Waals surface area contributed by atoms with Crippen molar-refractivity contribution in [2.24, 2.45) is 5.10 Å². The summed E-state index contributed by atoms with van der Waals surface area (Å²) in [5, 5.41) is 11.0. The van der Waals surface area contributed by atoms with Gasteiger partial charge in [0.2, 0.25) is 5.91 Å². The van der Waals surface area contributed by atoms with Gasteiger partial charge in [0.15, 0.2) is 0 Å². The molecule has 2 aliphatic heterocycles. The van der Waals surface area contributed by atoms with Gasteiger partial charge in [-0.15, -0.1) is 0 Å². The number of carbonyl (C=O) groups is 2. The van der Waals surface area contributed by atoms with Crippen LogP contribution in [0.1, 0.15) is 42.4 Å². The summed E-state index contributed by atoms with van der Waals surface area (Å²) in [7, 11) is 0. The van der Waals surface area contributed by atoms with E-state index in [4.69, 9.17) is 0 Å². The summed E-state index contributed by atoms with van der Waals surface area (Å²) in [6.45, 7) is 9.75. The molecule has 0 atom stereocenters. The lowest BCUT2D eigenvalue weighted by Gasteiger charge is -2.26. The molecule has 4 rings (SSSR count). The molecule has 0 radical (unpaired) electrons. The summed E-state index contributed by atoms with van der Waals surface area (Å²) >= 11 is 0. The Hall–Kier alpha value is -3.23. The topological polar surface area (TPSA) is 102 Å². The molecule has 31 heavy (non-hydrogen) atoms. The zero-order valence-electron chi connectivity index (χ0n) is 18.3. The third-order valence-corrected chi connectivity index (χ3v) is 5.10. The number of rotatable bonds is 4. The molecule has 3 heterocycles. The Labute approximate surface area is 182 Å². The first-order valence-electron chi connectivity index (χ1n) is 10.5. The number of amides is 2. The van der Waals surface area contributed by atoms with E-state index in [9.17, 15) is 9.59 Å². The second kappa shape index (κ2) is 10.7. The van der Waals surface area contributed by atoms with E-state index in [1.165, 1.54) is 0 Å². The standard InChI is InChI=1S/C19H22N6O2.C4H8/c1-2-3-15-14-10-21-24-19(27)13-8-12(9-16(23-15)18(13)14)22-17(26)11-25-6-4-20-5-7-25;1-3-4-2/h2-3,8-10,20,23H,4-7,11H2,1H3,(H,22,26)(H,24,27);3-4H,1-2H3/b3-2+;4-3-. The Morgan fingerprint density at radius 3 is 2.58 bits per heavy atom. The van der Waals surface area contributed by atoms with Crippen molar-refractivity contribution >= 4 is 40.7 Å². The Morgan fingerprint density at radius 1 is 1.16 bits per heavy atom. The summed E-state index contributed by atoms with van der Waals surface area (Å²) < 4.78 is 0. The lowest BCUT2D eigenvalue weighted by Crippen LogP contribution is -2.46. The third-order valence-electron chi connectivity index (χ3n) is 5.10. The van der Waals surface area contributed by atoms with E-state index in [1.807, 2.05) is 51.1 Å². The van der Waals surface area contributed by atoms with E-state index >= 15 is 0 Å². The molecule has 164 valence electrons. The van der Waals surface area contributed by atoms with Crippen molar-refractivity contribution in [2.75, 3.05) is 38.0 Å². The average molecular weight is 423 g/mol. The van der Waals surface area contributed by atoms with Gasteiger partial charge < -0.3 is 15.6 Å². The number of piperazine rings is 1. The van der Waals surface area contributed by atoms with Gasteiger partial charge in [0.1, 0.15) is 0 Å². The number of hydrazone groups is 1. The van der Waals surface area contributed by atoms with Crippen LogP contribution < -0.4 is 16.1 Å². The molecule has 4 N–H and O–H groups in total. The van der Waals surface area contributed by atoms with Crippen LogP contribution in [0.15, 0.2) is 35.5 Å². The van der Waals surface area contributed by atoms with Gasteiger partial charge in [-0.2, -0.15) is 5.10 Å². The lowest BCUT2D eigenvalue weighted by atomic mass is 10.0. The Bertz CT molecular complexity index is 1020. The first-order valence-corrected chi connectivity index (χ1v) is 10.5. The molecule has 2 aliphatic rings. The van der Waals surface area contributed by atoms with E-state index in [0.29, 0.717) is 17.8 Å². The summed E-state index contributed by atoms with van der Waals surface area (Å²) in [4.78, 5) is 30.3. The van der Waals surface area contributed by atoms with Crippen molar-refractivity contribution in [2.45, 2.75) is 20.8 Å². The smallest absolute Gasteiger partial charge is 0.272 e. The molecule has 1 aromatic carbocycles. The Balaban J connectivity index is 0.000000628. The lowest BCUT2D eigenvalue weighted by molar-refractivity contribution is -0.117. The van der Waals surface area contributed by atoms with Crippen molar-refractivity contribution in [3.63, 3.8) is 0 Å². The van der Waals surface area contributed by atoms with E-state index < -0.39 is 0 Å². The van der Waals surface area contributed by atoms with Crippen LogP contribution in [0.25, 0.3) is 17.0 Å². The van der Waals surface area contributed by atoms with Crippen LogP contribution in [0, 0.1) is 0 Å². The zero-order chi connectivity index (χ0) is 22.2. The number of aromatic amines is 1. The number of nitrogens with one attached hydrogen (secondary N) is 4. The van der Waals surface area contributed by atoms with Crippen LogP contribution in [-0.2, 0) is 4.79 Å². The normalized spacial score (nSPS) is 16.3. The minimum Gasteiger partial charge on any atom is -0.354 e. The van der Waals surface area contributed by atoms with Gasteiger partial charge in [-0.25, -0.2) is 5.43 Å². The van der Waals surface area contributed by atoms with Crippen LogP contribution >= 0.6 is 0 Å². The van der Waals surface area contributed by atoms with Gasteiger partial charge in [-0.1, -0.05) is 18.2 Å². The maximum absolute atomic E-state index is 12.4. The molecule has 8 nitrogen and oxygen atoms in total. The molecule has 0 bridgehead atoms. The fourth-order valence-corrected chi connectivity index (χ4v) is 3.55. The number of carbonyl (C=O) groups excluding carboxylic acids is 2. The predicted molar refractivity (Wildman–Crippen MR) is 126 cm³/mol. The van der Waals surface area contributed by atoms with Crippen LogP contribution in [0.2, 0.25) is 0 Å². The third kappa shape index (κ3) is 5.48. The van der Waals surface area contributed by atoms with Crippen molar-refractivity contribution in [1.29, 1.82) is 0 Å². The van der Waals surface area contributed by atoms with Crippen molar-refractivity contribution in [3.8, 4) is 0 Å². The van der Waals surface area contributed by atoms with Crippen LogP contribution in [-0.4, -0.2) is 60.6 Å². The number of nitrogens with zero attached hydrogens (tertiary/aromatic N) is 2. The Kier molecular flexibility index (Phi) is 7.75. The predicted octanol–water partition coefficient (Wildman–Crippen LogP) is 2.70. The molecular formula is C23H30N6O2. The minimum atomic E-state index is -0.292. The average Bonchev–Trinajstić information content (AvgIpc) is 3.01. The molecular weight excluding hydrogens is 392 g/mol. The summed E-state index contributed by atoms with van der Waals surface area (Å²) in [5.41, 5.74) is 6.12. The highest BCUT2D eigenvalue weighted by Gasteiger charge is 2.21. The highest BCUT2D eigenvalue weighted by molar-refractivity contribution is 6.17. The van der Waals surface area contributed by atoms with Gasteiger partial charge in [0, 0.05) is 54.0 Å². The summed E-state index contributed by atoms with van der Waals surface area (Å²) in [6.07, 6.45) is 9.50. The second-order valence-electron chi connectivity index (χ2n) is 7.34. The van der Waals surface area contributed by atoms with Crippen LogP contribution in [0.3, 0.4) is 0 Å². The van der Waals surface area contributed by atoms with Gasteiger partial charge in [0.05, 0.1) is 18.3 Å². The SMILES string of the molecule is C/C=C/c1[nH]c2cc(NC(=O)CN3CCNCC3)cc3c2c1C=NNC3=O.C/C=C\C. The molecule has 2 aromatic rings. The molecule has 8 heteroatoms. The van der Waals surface area contributed by atoms with Crippen LogP contribution in [0.5, 0.6) is 0 Å². The molecule has 0 spiro atoms. The number of anilines is 1. The highest BCUT2D eigenvalue weighted by atomic mass is 16.2. The van der Waals surface area contributed by atoms with Gasteiger partial charge in [-0.05, 0) is 39.0 Å². The monoisotopic (exact) mass is 422 g/mol. The second-order valence-corrected chi connectivity index (χ2v) is 7.34. The highest BCUT2D eigenvalue weighted by Crippen LogP contribution is 2.30. The number of allylic oxidation sites excluding steroid dienone is 3. The molecule has 0 aliphatic carbocycles. The number of benzene rings is 1. The maximum Gasteiger partial charge on any atom is 0.272 e. The van der Waals surface area contributed by atoms with Crippen LogP contribution in [0.4, 0.5) is 5.69 Å². The fourth-order valence-electron chi connectivity index (χ4n) is 3.55. The quantitative estimate of drug-likeness (QED) is 0.569. The molecule has 1 saturated heterocycles. The Morgan fingerprint density at radius 2 is 1.90 bits per heavy atom. The van der Waals surface area contributed by atoms with Crippen molar-refractivity contribution in [3.05, 3.63) is 47.2 Å². The van der Waals surface area contributed by atoms with Gasteiger partial charge >= 0.3 is 0 Å². The largest absolute Gasteiger partial charge is 0.354 e. The fraction of sp³-hybridized carbons (Fsp3) is 0.348. The number of aromatic nitrogens is 1. The van der Waals surface area contributed by atoms with Gasteiger partial charge in [-0.3, -0.25) is 14.5 Å². The van der Waals surface area contributed by atoms with E-state index in [-0.39, 0.29) is 11.8 Å². The van der Waals surface area contributed by atoms with E-state index in [1.54, 1.807) is 12.3 Å². The zero-order valence-corrected chi connectivity index (χ0v) is 18.3. The number of H-pyrrole nitrogens is 1. The van der Waals surface area contributed by atoms with Crippen molar-refractivity contribution < 1.29 is 9.59 Å². The molecule has 2 amide bonds. The number of hydrogen-bond acceptors (Lipinski definition) is 5. The molecule has 1 aromatic heterocycles. The van der Waals surface area contributed by atoms with Crippen molar-refractivity contribution in [1.82, 2.24) is 20.6 Å². The molecule has 0 unspecified atom stereocenters. The molecule has 1 fully saturated rings. The maximum atomic E-state index is 12.4. The molecule has 0 saturated carbocycles. The van der Waals surface area contributed by atoms with E-state index in [2.05, 4.69) is 31.0 Å².